The first kappa shape index (κ1) is 17.6. The van der Waals surface area contributed by atoms with Crippen LogP contribution >= 0.6 is 0 Å². The van der Waals surface area contributed by atoms with Gasteiger partial charge in [0.25, 0.3) is 5.91 Å². The summed E-state index contributed by atoms with van der Waals surface area (Å²) in [5.41, 5.74) is 2.08. The van der Waals surface area contributed by atoms with Gasteiger partial charge >= 0.3 is 6.18 Å². The van der Waals surface area contributed by atoms with E-state index in [0.717, 1.165) is 23.5 Å². The topological polar surface area (TPSA) is 37.6 Å². The van der Waals surface area contributed by atoms with Crippen molar-refractivity contribution in [2.75, 3.05) is 4.90 Å². The molecule has 1 aliphatic rings. The summed E-state index contributed by atoms with van der Waals surface area (Å²) in [5, 5.41) is 0. The number of para-hydroxylation sites is 1. The number of pyridine rings is 1. The van der Waals surface area contributed by atoms with Crippen LogP contribution in [-0.2, 0) is 19.0 Å². The van der Waals surface area contributed by atoms with E-state index >= 15 is 0 Å². The summed E-state index contributed by atoms with van der Waals surface area (Å²) in [6, 6.07) is 9.83. The van der Waals surface area contributed by atoms with Crippen LogP contribution in [0.1, 0.15) is 41.2 Å². The summed E-state index contributed by atoms with van der Waals surface area (Å²) in [6.07, 6.45) is -2.36. The van der Waals surface area contributed by atoms with Crippen LogP contribution < -0.4 is 4.90 Å². The van der Waals surface area contributed by atoms with Crippen molar-refractivity contribution in [3.8, 4) is 0 Å². The second-order valence-corrected chi connectivity index (χ2v) is 6.76. The molecule has 0 fully saturated rings. The van der Waals surface area contributed by atoms with E-state index in [1.807, 2.05) is 38.1 Å². The SMILES string of the molecule is CCc1nc2ccc(C(F)(F)F)cn2c1C(=O)N1c2ccccc2CC1C. The molecule has 1 aromatic carbocycles. The predicted octanol–water partition coefficient (Wildman–Crippen LogP) is 4.51. The number of hydrogen-bond donors (Lipinski definition) is 0. The zero-order valence-electron chi connectivity index (χ0n) is 14.9. The Hall–Kier alpha value is -2.83. The third-order valence-electron chi connectivity index (χ3n) is 4.98. The molecule has 4 rings (SSSR count). The fraction of sp³-hybridized carbons (Fsp3) is 0.300. The summed E-state index contributed by atoms with van der Waals surface area (Å²) < 4.78 is 40.8. The number of carbonyl (C=O) groups is 1. The molecule has 1 atom stereocenters. The molecule has 4 nitrogen and oxygen atoms in total. The minimum Gasteiger partial charge on any atom is -0.304 e. The van der Waals surface area contributed by atoms with E-state index in [9.17, 15) is 18.0 Å². The Kier molecular flexibility index (Phi) is 3.98. The number of aromatic nitrogens is 2. The van der Waals surface area contributed by atoms with E-state index in [1.54, 1.807) is 4.90 Å². The van der Waals surface area contributed by atoms with Crippen molar-refractivity contribution in [3.63, 3.8) is 0 Å². The van der Waals surface area contributed by atoms with E-state index in [0.29, 0.717) is 24.2 Å². The van der Waals surface area contributed by atoms with Gasteiger partial charge in [0.1, 0.15) is 11.3 Å². The summed E-state index contributed by atoms with van der Waals surface area (Å²) in [6.45, 7) is 3.78. The first-order chi connectivity index (χ1) is 12.8. The van der Waals surface area contributed by atoms with Crippen LogP contribution in [0, 0.1) is 0 Å². The van der Waals surface area contributed by atoms with Crippen LogP contribution in [0.15, 0.2) is 42.6 Å². The van der Waals surface area contributed by atoms with Gasteiger partial charge in [-0.25, -0.2) is 4.98 Å². The van der Waals surface area contributed by atoms with Gasteiger partial charge in [0.2, 0.25) is 0 Å². The molecular weight excluding hydrogens is 355 g/mol. The number of halogens is 3. The molecule has 140 valence electrons. The monoisotopic (exact) mass is 373 g/mol. The van der Waals surface area contributed by atoms with Crippen LogP contribution in [0.2, 0.25) is 0 Å². The lowest BCUT2D eigenvalue weighted by Crippen LogP contribution is -2.37. The van der Waals surface area contributed by atoms with Gasteiger partial charge in [-0.05, 0) is 43.5 Å². The second-order valence-electron chi connectivity index (χ2n) is 6.76. The normalized spacial score (nSPS) is 16.8. The average molecular weight is 373 g/mol. The fourth-order valence-corrected chi connectivity index (χ4v) is 3.72. The number of alkyl halides is 3. The molecule has 1 unspecified atom stereocenters. The maximum Gasteiger partial charge on any atom is 0.417 e. The maximum atomic E-state index is 13.4. The highest BCUT2D eigenvalue weighted by Crippen LogP contribution is 2.34. The van der Waals surface area contributed by atoms with Crippen LogP contribution in [0.25, 0.3) is 5.65 Å². The van der Waals surface area contributed by atoms with E-state index in [-0.39, 0.29) is 17.6 Å². The lowest BCUT2D eigenvalue weighted by Gasteiger charge is -2.23. The zero-order chi connectivity index (χ0) is 19.3. The molecule has 3 aromatic rings. The molecule has 27 heavy (non-hydrogen) atoms. The number of nitrogens with zero attached hydrogens (tertiary/aromatic N) is 3. The molecule has 3 heterocycles. The van der Waals surface area contributed by atoms with Gasteiger partial charge in [-0.2, -0.15) is 13.2 Å². The molecule has 2 aromatic heterocycles. The van der Waals surface area contributed by atoms with Gasteiger partial charge in [-0.3, -0.25) is 9.20 Å². The Morgan fingerprint density at radius 3 is 2.67 bits per heavy atom. The molecule has 0 aliphatic carbocycles. The van der Waals surface area contributed by atoms with Crippen molar-refractivity contribution >= 4 is 17.2 Å². The van der Waals surface area contributed by atoms with Crippen molar-refractivity contribution in [2.24, 2.45) is 0 Å². The summed E-state index contributed by atoms with van der Waals surface area (Å²) >= 11 is 0. The minimum atomic E-state index is -4.49. The molecular formula is C20H18F3N3O. The van der Waals surface area contributed by atoms with E-state index < -0.39 is 11.7 Å². The number of fused-ring (bicyclic) bond motifs is 2. The Bertz CT molecular complexity index is 1040. The molecule has 0 N–H and O–H groups in total. The summed E-state index contributed by atoms with van der Waals surface area (Å²) in [5.74, 6) is -0.323. The van der Waals surface area contributed by atoms with Gasteiger partial charge in [0.15, 0.2) is 0 Å². The van der Waals surface area contributed by atoms with Gasteiger partial charge in [-0.1, -0.05) is 25.1 Å². The quantitative estimate of drug-likeness (QED) is 0.663. The standard InChI is InChI=1S/C20H18F3N3O/c1-3-15-18(25-11-14(20(21,22)23)8-9-17(25)24-15)19(27)26-12(2)10-13-6-4-5-7-16(13)26/h4-9,11-12H,3,10H2,1-2H3. The van der Waals surface area contributed by atoms with Crippen molar-refractivity contribution in [2.45, 2.75) is 38.9 Å². The van der Waals surface area contributed by atoms with Crippen molar-refractivity contribution < 1.29 is 18.0 Å². The van der Waals surface area contributed by atoms with Crippen molar-refractivity contribution in [1.82, 2.24) is 9.38 Å². The third kappa shape index (κ3) is 2.78. The number of rotatable bonds is 2. The second kappa shape index (κ2) is 6.11. The highest BCUT2D eigenvalue weighted by molar-refractivity contribution is 6.08. The van der Waals surface area contributed by atoms with Crippen molar-refractivity contribution in [3.05, 3.63) is 65.1 Å². The minimum absolute atomic E-state index is 0.0732. The molecule has 1 amide bonds. The lowest BCUT2D eigenvalue weighted by molar-refractivity contribution is -0.137. The molecule has 7 heteroatoms. The number of benzene rings is 1. The fourth-order valence-electron chi connectivity index (χ4n) is 3.72. The first-order valence-corrected chi connectivity index (χ1v) is 8.81. The van der Waals surface area contributed by atoms with Gasteiger partial charge in [0, 0.05) is 17.9 Å². The largest absolute Gasteiger partial charge is 0.417 e. The molecule has 1 aliphatic heterocycles. The van der Waals surface area contributed by atoms with Crippen LogP contribution in [0.5, 0.6) is 0 Å². The molecule has 0 saturated carbocycles. The smallest absolute Gasteiger partial charge is 0.304 e. The molecule has 0 saturated heterocycles. The Morgan fingerprint density at radius 2 is 1.96 bits per heavy atom. The maximum absolute atomic E-state index is 13.4. The zero-order valence-corrected chi connectivity index (χ0v) is 14.9. The van der Waals surface area contributed by atoms with E-state index in [2.05, 4.69) is 4.98 Å². The lowest BCUT2D eigenvalue weighted by atomic mass is 10.1. The molecule has 0 radical (unpaired) electrons. The van der Waals surface area contributed by atoms with E-state index in [1.165, 1.54) is 10.5 Å². The number of amides is 1. The van der Waals surface area contributed by atoms with Crippen LogP contribution in [-0.4, -0.2) is 21.3 Å². The highest BCUT2D eigenvalue weighted by Gasteiger charge is 2.35. The average Bonchev–Trinajstić information content (AvgIpc) is 3.16. The Morgan fingerprint density at radius 1 is 1.22 bits per heavy atom. The first-order valence-electron chi connectivity index (χ1n) is 8.81. The number of aryl methyl sites for hydroxylation is 1. The predicted molar refractivity (Wildman–Crippen MR) is 96.0 cm³/mol. The molecule has 0 bridgehead atoms. The van der Waals surface area contributed by atoms with Crippen LogP contribution in [0.3, 0.4) is 0 Å². The van der Waals surface area contributed by atoms with Crippen molar-refractivity contribution in [1.29, 1.82) is 0 Å². The van der Waals surface area contributed by atoms with E-state index in [4.69, 9.17) is 0 Å². The number of hydrogen-bond acceptors (Lipinski definition) is 2. The van der Waals surface area contributed by atoms with Gasteiger partial charge in [-0.15, -0.1) is 0 Å². The Balaban J connectivity index is 1.89. The molecule has 0 spiro atoms. The number of anilines is 1. The third-order valence-corrected chi connectivity index (χ3v) is 4.98. The number of carbonyl (C=O) groups excluding carboxylic acids is 1. The Labute approximate surface area is 154 Å². The summed E-state index contributed by atoms with van der Waals surface area (Å²) in [4.78, 5) is 19.5. The number of imidazole rings is 1. The van der Waals surface area contributed by atoms with Gasteiger partial charge in [0.05, 0.1) is 11.3 Å². The highest BCUT2D eigenvalue weighted by atomic mass is 19.4. The van der Waals surface area contributed by atoms with Crippen LogP contribution in [0.4, 0.5) is 18.9 Å². The summed E-state index contributed by atoms with van der Waals surface area (Å²) in [7, 11) is 0. The van der Waals surface area contributed by atoms with Gasteiger partial charge < -0.3 is 4.90 Å².